The molecule has 0 aromatic heterocycles. The Labute approximate surface area is 246 Å². The maximum atomic E-state index is 11.3. The van der Waals surface area contributed by atoms with Crippen molar-refractivity contribution in [3.63, 3.8) is 0 Å². The molecule has 0 amide bonds. The Morgan fingerprint density at radius 1 is 0.357 bits per heavy atom. The molecule has 0 atom stereocenters. The maximum absolute atomic E-state index is 11.3. The lowest BCUT2D eigenvalue weighted by Crippen LogP contribution is -1.99. The van der Waals surface area contributed by atoms with Crippen molar-refractivity contribution in [2.75, 3.05) is 0 Å². The molecule has 0 bridgehead atoms. The summed E-state index contributed by atoms with van der Waals surface area (Å²) in [6.45, 7) is 5.93. The second kappa shape index (κ2) is 11.9. The molecule has 214 valence electrons. The maximum Gasteiger partial charge on any atom is 0.122 e. The van der Waals surface area contributed by atoms with Crippen LogP contribution in [0, 0.1) is 20.8 Å². The van der Waals surface area contributed by atoms with Gasteiger partial charge >= 0.3 is 0 Å². The lowest BCUT2D eigenvalue weighted by Gasteiger charge is -2.15. The minimum atomic E-state index is 0.163. The van der Waals surface area contributed by atoms with Crippen LogP contribution in [0.5, 0.6) is 28.7 Å². The number of aryl methyl sites for hydroxylation is 3. The Bertz CT molecular complexity index is 1640. The first-order valence-electron chi connectivity index (χ1n) is 14.1. The van der Waals surface area contributed by atoms with Gasteiger partial charge in [0.2, 0.25) is 0 Å². The van der Waals surface area contributed by atoms with Gasteiger partial charge in [-0.3, -0.25) is 0 Å². The lowest BCUT2D eigenvalue weighted by atomic mass is 9.93. The van der Waals surface area contributed by atoms with Crippen LogP contribution in [0.4, 0.5) is 0 Å². The van der Waals surface area contributed by atoms with Gasteiger partial charge in [0.05, 0.1) is 0 Å². The molecule has 0 spiro atoms. The van der Waals surface area contributed by atoms with Crippen LogP contribution in [0.15, 0.2) is 84.9 Å². The molecule has 0 fully saturated rings. The van der Waals surface area contributed by atoms with E-state index in [-0.39, 0.29) is 28.7 Å². The number of hydrogen-bond acceptors (Lipinski definition) is 5. The fourth-order valence-electron chi connectivity index (χ4n) is 5.55. The van der Waals surface area contributed by atoms with Crippen molar-refractivity contribution >= 4 is 0 Å². The normalized spacial score (nSPS) is 11.1. The van der Waals surface area contributed by atoms with Crippen LogP contribution < -0.4 is 0 Å². The summed E-state index contributed by atoms with van der Waals surface area (Å²) in [7, 11) is 0. The topological polar surface area (TPSA) is 101 Å². The summed E-state index contributed by atoms with van der Waals surface area (Å²) < 4.78 is 0. The molecule has 5 aromatic rings. The first-order valence-corrected chi connectivity index (χ1v) is 14.1. The van der Waals surface area contributed by atoms with Crippen LogP contribution in [0.2, 0.25) is 0 Å². The Morgan fingerprint density at radius 2 is 0.690 bits per heavy atom. The van der Waals surface area contributed by atoms with Gasteiger partial charge < -0.3 is 25.5 Å². The average Bonchev–Trinajstić information content (AvgIpc) is 2.94. The van der Waals surface area contributed by atoms with Gasteiger partial charge in [-0.1, -0.05) is 77.4 Å². The summed E-state index contributed by atoms with van der Waals surface area (Å²) in [5.74, 6) is 0.934. The quantitative estimate of drug-likeness (QED) is 0.135. The standard InChI is InChI=1S/C37H36O5/c1-22-4-8-33(38)27(12-22)20-29-16-25(6-10-35(29)40)18-31-14-24(3)15-32(37(31)42)19-26-7-11-36(41)30(17-26)21-28-13-23(2)5-9-34(28)39/h4-17,38-42H,18-21H2,1-3H3. The van der Waals surface area contributed by atoms with Crippen LogP contribution in [0.25, 0.3) is 0 Å². The molecule has 0 unspecified atom stereocenters. The fourth-order valence-corrected chi connectivity index (χ4v) is 5.55. The molecule has 0 saturated heterocycles. The number of aromatic hydroxyl groups is 5. The Morgan fingerprint density at radius 3 is 1.10 bits per heavy atom. The van der Waals surface area contributed by atoms with E-state index in [0.717, 1.165) is 50.1 Å². The Balaban J connectivity index is 1.39. The largest absolute Gasteiger partial charge is 0.508 e. The highest BCUT2D eigenvalue weighted by Gasteiger charge is 2.15. The van der Waals surface area contributed by atoms with Crippen molar-refractivity contribution in [1.29, 1.82) is 0 Å². The summed E-state index contributed by atoms with van der Waals surface area (Å²) in [5.41, 5.74) is 9.42. The Hall–Kier alpha value is -4.90. The van der Waals surface area contributed by atoms with Gasteiger partial charge in [-0.15, -0.1) is 0 Å². The summed E-state index contributed by atoms with van der Waals surface area (Å²) in [4.78, 5) is 0. The molecule has 5 N–H and O–H groups in total. The third-order valence-corrected chi connectivity index (χ3v) is 7.72. The zero-order valence-electron chi connectivity index (χ0n) is 24.1. The van der Waals surface area contributed by atoms with Crippen LogP contribution in [0.3, 0.4) is 0 Å². The number of hydrogen-bond donors (Lipinski definition) is 5. The SMILES string of the molecule is Cc1ccc(O)c(Cc2cc(Cc3cc(C)cc(Cc4ccc(O)c(Cc5cc(C)ccc5O)c4)c3O)ccc2O)c1. The highest BCUT2D eigenvalue weighted by Crippen LogP contribution is 2.33. The van der Waals surface area contributed by atoms with Gasteiger partial charge in [-0.25, -0.2) is 0 Å². The van der Waals surface area contributed by atoms with E-state index >= 15 is 0 Å². The van der Waals surface area contributed by atoms with Crippen molar-refractivity contribution in [3.8, 4) is 28.7 Å². The smallest absolute Gasteiger partial charge is 0.122 e. The number of benzene rings is 5. The molecule has 5 aromatic carbocycles. The van der Waals surface area contributed by atoms with Gasteiger partial charge in [0.15, 0.2) is 0 Å². The van der Waals surface area contributed by atoms with E-state index in [1.807, 2.05) is 81.4 Å². The fraction of sp³-hybridized carbons (Fsp3) is 0.189. The summed E-state index contributed by atoms with van der Waals surface area (Å²) >= 11 is 0. The average molecular weight is 561 g/mol. The predicted molar refractivity (Wildman–Crippen MR) is 166 cm³/mol. The van der Waals surface area contributed by atoms with Crippen molar-refractivity contribution in [2.24, 2.45) is 0 Å². The van der Waals surface area contributed by atoms with Crippen molar-refractivity contribution in [2.45, 2.75) is 46.5 Å². The van der Waals surface area contributed by atoms with Gasteiger partial charge in [-0.05, 0) is 89.5 Å². The van der Waals surface area contributed by atoms with Crippen molar-refractivity contribution < 1.29 is 25.5 Å². The molecule has 0 saturated carbocycles. The molecule has 0 radical (unpaired) electrons. The van der Waals surface area contributed by atoms with E-state index in [9.17, 15) is 25.5 Å². The molecular weight excluding hydrogens is 524 g/mol. The van der Waals surface area contributed by atoms with Gasteiger partial charge in [0, 0.05) is 25.7 Å². The van der Waals surface area contributed by atoms with Crippen molar-refractivity contribution in [1.82, 2.24) is 0 Å². The summed E-state index contributed by atoms with van der Waals surface area (Å²) in [6, 6.07) is 25.7. The van der Waals surface area contributed by atoms with Crippen LogP contribution in [-0.4, -0.2) is 25.5 Å². The summed E-state index contributed by atoms with van der Waals surface area (Å²) in [5, 5.41) is 53.0. The second-order valence-corrected chi connectivity index (χ2v) is 11.3. The molecule has 5 nitrogen and oxygen atoms in total. The molecule has 0 aliphatic rings. The van der Waals surface area contributed by atoms with Gasteiger partial charge in [-0.2, -0.15) is 0 Å². The second-order valence-electron chi connectivity index (χ2n) is 11.3. The highest BCUT2D eigenvalue weighted by atomic mass is 16.3. The van der Waals surface area contributed by atoms with Crippen LogP contribution in [0.1, 0.15) is 61.2 Å². The van der Waals surface area contributed by atoms with Crippen LogP contribution >= 0.6 is 0 Å². The number of rotatable bonds is 8. The third-order valence-electron chi connectivity index (χ3n) is 7.72. The van der Waals surface area contributed by atoms with Gasteiger partial charge in [0.1, 0.15) is 28.7 Å². The van der Waals surface area contributed by atoms with E-state index < -0.39 is 0 Å². The predicted octanol–water partition coefficient (Wildman–Crippen LogP) is 7.50. The number of phenols is 5. The van der Waals surface area contributed by atoms with E-state index in [1.54, 1.807) is 24.3 Å². The first-order chi connectivity index (χ1) is 20.0. The molecular formula is C37H36O5. The highest BCUT2D eigenvalue weighted by molar-refractivity contribution is 5.51. The monoisotopic (exact) mass is 560 g/mol. The molecule has 5 rings (SSSR count). The molecule has 0 aliphatic heterocycles. The van der Waals surface area contributed by atoms with Crippen molar-refractivity contribution in [3.05, 3.63) is 146 Å². The van der Waals surface area contributed by atoms with E-state index in [0.29, 0.717) is 36.8 Å². The van der Waals surface area contributed by atoms with E-state index in [4.69, 9.17) is 0 Å². The van der Waals surface area contributed by atoms with Gasteiger partial charge in [0.25, 0.3) is 0 Å². The molecule has 0 aliphatic carbocycles. The molecule has 5 heteroatoms. The lowest BCUT2D eigenvalue weighted by molar-refractivity contribution is 0.461. The van der Waals surface area contributed by atoms with E-state index in [1.165, 1.54) is 0 Å². The molecule has 0 heterocycles. The zero-order valence-corrected chi connectivity index (χ0v) is 24.1. The molecule has 42 heavy (non-hydrogen) atoms. The number of phenolic OH excluding ortho intramolecular Hbond substituents is 5. The summed E-state index contributed by atoms with van der Waals surface area (Å²) in [6.07, 6.45) is 1.73. The first kappa shape index (κ1) is 28.6. The Kier molecular flexibility index (Phi) is 8.12. The minimum Gasteiger partial charge on any atom is -0.508 e. The van der Waals surface area contributed by atoms with E-state index in [2.05, 4.69) is 0 Å². The minimum absolute atomic E-state index is 0.163. The third kappa shape index (κ3) is 6.52. The van der Waals surface area contributed by atoms with Crippen LogP contribution in [-0.2, 0) is 25.7 Å². The zero-order chi connectivity index (χ0) is 30.0.